The van der Waals surface area contributed by atoms with Crippen LogP contribution in [0.25, 0.3) is 0 Å². The van der Waals surface area contributed by atoms with E-state index < -0.39 is 0 Å². The first-order valence-corrected chi connectivity index (χ1v) is 7.52. The number of ether oxygens (including phenoxy) is 1. The van der Waals surface area contributed by atoms with E-state index in [4.69, 9.17) is 4.74 Å². The Morgan fingerprint density at radius 3 is 2.24 bits per heavy atom. The Hall–Kier alpha value is -1.80. The number of benzene rings is 2. The molecule has 2 nitrogen and oxygen atoms in total. The monoisotopic (exact) mass is 283 g/mol. The number of para-hydroxylation sites is 1. The van der Waals surface area contributed by atoms with Crippen LogP contribution in [-0.2, 0) is 0 Å². The fraction of sp³-hybridized carbons (Fsp3) is 0.368. The maximum Gasteiger partial charge on any atom is 0.123 e. The summed E-state index contributed by atoms with van der Waals surface area (Å²) in [6, 6.07) is 12.9. The molecule has 0 radical (unpaired) electrons. The Morgan fingerprint density at radius 1 is 1.05 bits per heavy atom. The van der Waals surface area contributed by atoms with Gasteiger partial charge in [0.2, 0.25) is 0 Å². The van der Waals surface area contributed by atoms with Gasteiger partial charge in [-0.15, -0.1) is 0 Å². The molecule has 2 aromatic rings. The van der Waals surface area contributed by atoms with Gasteiger partial charge in [-0.25, -0.2) is 0 Å². The van der Waals surface area contributed by atoms with Gasteiger partial charge in [-0.3, -0.25) is 0 Å². The van der Waals surface area contributed by atoms with Crippen molar-refractivity contribution in [3.8, 4) is 5.75 Å². The van der Waals surface area contributed by atoms with E-state index in [2.05, 4.69) is 57.3 Å². The molecule has 0 amide bonds. The zero-order valence-electron chi connectivity index (χ0n) is 13.7. The van der Waals surface area contributed by atoms with Crippen molar-refractivity contribution in [2.75, 3.05) is 13.7 Å². The van der Waals surface area contributed by atoms with E-state index in [1.165, 1.54) is 27.8 Å². The highest BCUT2D eigenvalue weighted by atomic mass is 16.5. The first kappa shape index (κ1) is 15.6. The van der Waals surface area contributed by atoms with E-state index in [0.717, 1.165) is 12.3 Å². The van der Waals surface area contributed by atoms with Gasteiger partial charge in [0, 0.05) is 5.56 Å². The lowest BCUT2D eigenvalue weighted by molar-refractivity contribution is 0.404. The highest BCUT2D eigenvalue weighted by Gasteiger charge is 2.20. The summed E-state index contributed by atoms with van der Waals surface area (Å²) in [6.07, 6.45) is 0. The second-order valence-electron chi connectivity index (χ2n) is 5.55. The number of hydrogen-bond donors (Lipinski definition) is 1. The maximum absolute atomic E-state index is 5.56. The van der Waals surface area contributed by atoms with E-state index in [9.17, 15) is 0 Å². The molecule has 112 valence electrons. The van der Waals surface area contributed by atoms with E-state index >= 15 is 0 Å². The van der Waals surface area contributed by atoms with Crippen LogP contribution >= 0.6 is 0 Å². The van der Waals surface area contributed by atoms with Crippen LogP contribution in [0, 0.1) is 20.8 Å². The Balaban J connectivity index is 2.59. The van der Waals surface area contributed by atoms with Gasteiger partial charge in [-0.2, -0.15) is 0 Å². The van der Waals surface area contributed by atoms with Crippen LogP contribution in [0.1, 0.15) is 40.8 Å². The summed E-state index contributed by atoms with van der Waals surface area (Å²) in [5.41, 5.74) is 6.50. The van der Waals surface area contributed by atoms with Crippen molar-refractivity contribution in [1.29, 1.82) is 0 Å². The molecule has 2 aromatic carbocycles. The first-order valence-electron chi connectivity index (χ1n) is 7.52. The summed E-state index contributed by atoms with van der Waals surface area (Å²) >= 11 is 0. The smallest absolute Gasteiger partial charge is 0.123 e. The van der Waals surface area contributed by atoms with Crippen molar-refractivity contribution in [1.82, 2.24) is 5.32 Å². The standard InChI is InChI=1S/C19H25NO/c1-6-20-19(16-9-7-8-10-17(16)21-5)18-14(3)11-13(2)12-15(18)4/h7-12,19-20H,6H2,1-5H3. The third-order valence-electron chi connectivity index (χ3n) is 3.88. The van der Waals surface area contributed by atoms with Gasteiger partial charge in [-0.05, 0) is 50.1 Å². The molecule has 1 N–H and O–H groups in total. The Bertz CT molecular complexity index is 596. The minimum absolute atomic E-state index is 0.159. The molecular formula is C19H25NO. The lowest BCUT2D eigenvalue weighted by Gasteiger charge is -2.25. The van der Waals surface area contributed by atoms with Crippen molar-refractivity contribution in [3.05, 3.63) is 64.2 Å². The zero-order valence-corrected chi connectivity index (χ0v) is 13.7. The van der Waals surface area contributed by atoms with Gasteiger partial charge >= 0.3 is 0 Å². The largest absolute Gasteiger partial charge is 0.496 e. The Kier molecular flexibility index (Phi) is 5.03. The Morgan fingerprint density at radius 2 is 1.67 bits per heavy atom. The average molecular weight is 283 g/mol. The first-order chi connectivity index (χ1) is 10.1. The molecule has 0 aliphatic carbocycles. The molecule has 0 aromatic heterocycles. The highest BCUT2D eigenvalue weighted by Crippen LogP contribution is 2.33. The topological polar surface area (TPSA) is 21.3 Å². The summed E-state index contributed by atoms with van der Waals surface area (Å²) in [5.74, 6) is 0.933. The molecule has 2 rings (SSSR count). The second-order valence-corrected chi connectivity index (χ2v) is 5.55. The molecule has 21 heavy (non-hydrogen) atoms. The molecule has 0 heterocycles. The molecule has 0 aliphatic heterocycles. The van der Waals surface area contributed by atoms with Crippen LogP contribution in [0.4, 0.5) is 0 Å². The van der Waals surface area contributed by atoms with E-state index in [-0.39, 0.29) is 6.04 Å². The summed E-state index contributed by atoms with van der Waals surface area (Å²) in [7, 11) is 1.73. The van der Waals surface area contributed by atoms with Gasteiger partial charge in [0.05, 0.1) is 13.2 Å². The molecule has 0 spiro atoms. The second kappa shape index (κ2) is 6.77. The van der Waals surface area contributed by atoms with Crippen molar-refractivity contribution >= 4 is 0 Å². The minimum Gasteiger partial charge on any atom is -0.496 e. The van der Waals surface area contributed by atoms with Gasteiger partial charge in [0.1, 0.15) is 5.75 Å². The normalized spacial score (nSPS) is 12.2. The van der Waals surface area contributed by atoms with E-state index in [0.29, 0.717) is 0 Å². The molecule has 1 atom stereocenters. The summed E-state index contributed by atoms with van der Waals surface area (Å²) in [4.78, 5) is 0. The number of methoxy groups -OCH3 is 1. The van der Waals surface area contributed by atoms with Crippen molar-refractivity contribution in [2.45, 2.75) is 33.7 Å². The Labute approximate surface area is 128 Å². The van der Waals surface area contributed by atoms with Crippen LogP contribution in [0.2, 0.25) is 0 Å². The number of rotatable bonds is 5. The molecule has 2 heteroatoms. The highest BCUT2D eigenvalue weighted by molar-refractivity contribution is 5.48. The fourth-order valence-electron chi connectivity index (χ4n) is 3.12. The molecule has 0 saturated heterocycles. The van der Waals surface area contributed by atoms with Crippen molar-refractivity contribution in [2.24, 2.45) is 0 Å². The quantitative estimate of drug-likeness (QED) is 0.882. The van der Waals surface area contributed by atoms with Crippen LogP contribution in [0.5, 0.6) is 5.75 Å². The molecule has 1 unspecified atom stereocenters. The third-order valence-corrected chi connectivity index (χ3v) is 3.88. The molecular weight excluding hydrogens is 258 g/mol. The molecule has 0 bridgehead atoms. The van der Waals surface area contributed by atoms with Gasteiger partial charge < -0.3 is 10.1 Å². The van der Waals surface area contributed by atoms with E-state index in [1.54, 1.807) is 7.11 Å². The van der Waals surface area contributed by atoms with Crippen molar-refractivity contribution < 1.29 is 4.74 Å². The zero-order chi connectivity index (χ0) is 15.4. The predicted molar refractivity (Wildman–Crippen MR) is 89.2 cm³/mol. The number of hydrogen-bond acceptors (Lipinski definition) is 2. The fourth-order valence-corrected chi connectivity index (χ4v) is 3.12. The van der Waals surface area contributed by atoms with Gasteiger partial charge in [-0.1, -0.05) is 42.8 Å². The predicted octanol–water partition coefficient (Wildman–Crippen LogP) is 4.32. The maximum atomic E-state index is 5.56. The van der Waals surface area contributed by atoms with Gasteiger partial charge in [0.25, 0.3) is 0 Å². The van der Waals surface area contributed by atoms with E-state index in [1.807, 2.05) is 12.1 Å². The summed E-state index contributed by atoms with van der Waals surface area (Å²) in [5, 5.41) is 3.61. The van der Waals surface area contributed by atoms with Gasteiger partial charge in [0.15, 0.2) is 0 Å². The minimum atomic E-state index is 0.159. The number of nitrogens with one attached hydrogen (secondary N) is 1. The van der Waals surface area contributed by atoms with Crippen LogP contribution in [0.3, 0.4) is 0 Å². The average Bonchev–Trinajstić information content (AvgIpc) is 2.45. The SMILES string of the molecule is CCNC(c1ccccc1OC)c1c(C)cc(C)cc1C. The summed E-state index contributed by atoms with van der Waals surface area (Å²) in [6.45, 7) is 9.58. The summed E-state index contributed by atoms with van der Waals surface area (Å²) < 4.78 is 5.56. The van der Waals surface area contributed by atoms with Crippen LogP contribution < -0.4 is 10.1 Å². The number of aryl methyl sites for hydroxylation is 3. The lowest BCUT2D eigenvalue weighted by Crippen LogP contribution is -2.24. The van der Waals surface area contributed by atoms with Crippen molar-refractivity contribution in [3.63, 3.8) is 0 Å². The molecule has 0 fully saturated rings. The molecule has 0 saturated carbocycles. The van der Waals surface area contributed by atoms with Crippen LogP contribution in [0.15, 0.2) is 36.4 Å². The third kappa shape index (κ3) is 3.27. The van der Waals surface area contributed by atoms with Crippen LogP contribution in [-0.4, -0.2) is 13.7 Å². The molecule has 0 aliphatic rings. The lowest BCUT2D eigenvalue weighted by atomic mass is 9.89.